The summed E-state index contributed by atoms with van der Waals surface area (Å²) >= 11 is 0. The van der Waals surface area contributed by atoms with E-state index in [1.165, 1.54) is 18.2 Å². The first kappa shape index (κ1) is 16.1. The topological polar surface area (TPSA) is 94.5 Å². The number of nitrogens with zero attached hydrogens (tertiary/aromatic N) is 3. The SMILES string of the molecule is COC(=O)N(Cc1noc(-c2ccc3c(c2)CCCC3N)n1)C1CC1. The van der Waals surface area contributed by atoms with Gasteiger partial charge in [-0.2, -0.15) is 4.98 Å². The van der Waals surface area contributed by atoms with Crippen molar-refractivity contribution in [3.63, 3.8) is 0 Å². The Morgan fingerprint density at radius 1 is 1.40 bits per heavy atom. The standard InChI is InChI=1S/C18H22N4O3/c1-24-18(23)22(13-6-7-13)10-16-20-17(25-21-16)12-5-8-14-11(9-12)3-2-4-15(14)19/h5,8-9,13,15H,2-4,6-7,10,19H2,1H3. The van der Waals surface area contributed by atoms with Gasteiger partial charge >= 0.3 is 6.09 Å². The lowest BCUT2D eigenvalue weighted by Crippen LogP contribution is -2.32. The molecule has 1 atom stereocenters. The molecule has 1 heterocycles. The maximum Gasteiger partial charge on any atom is 0.410 e. The van der Waals surface area contributed by atoms with E-state index in [0.717, 1.165) is 37.7 Å². The van der Waals surface area contributed by atoms with Crippen LogP contribution in [0.15, 0.2) is 22.7 Å². The van der Waals surface area contributed by atoms with Crippen molar-refractivity contribution < 1.29 is 14.1 Å². The molecule has 0 saturated heterocycles. The minimum atomic E-state index is -0.350. The lowest BCUT2D eigenvalue weighted by atomic mass is 9.87. The van der Waals surface area contributed by atoms with Crippen LogP contribution in [-0.4, -0.2) is 34.3 Å². The Bertz CT molecular complexity index is 784. The van der Waals surface area contributed by atoms with Gasteiger partial charge in [-0.05, 0) is 55.4 Å². The third-order valence-corrected chi connectivity index (χ3v) is 4.93. The molecule has 2 N–H and O–H groups in total. The number of rotatable bonds is 4. The molecule has 0 spiro atoms. The van der Waals surface area contributed by atoms with Gasteiger partial charge in [0.15, 0.2) is 5.82 Å². The Balaban J connectivity index is 1.54. The number of hydrogen-bond donors (Lipinski definition) is 1. The first-order valence-electron chi connectivity index (χ1n) is 8.71. The zero-order valence-electron chi connectivity index (χ0n) is 14.3. The van der Waals surface area contributed by atoms with Gasteiger partial charge in [0.05, 0.1) is 13.7 Å². The molecule has 132 valence electrons. The number of nitrogens with two attached hydrogens (primary N) is 1. The van der Waals surface area contributed by atoms with Crippen LogP contribution < -0.4 is 5.73 Å². The highest BCUT2D eigenvalue weighted by Gasteiger charge is 2.34. The van der Waals surface area contributed by atoms with E-state index in [2.05, 4.69) is 22.3 Å². The van der Waals surface area contributed by atoms with Crippen LogP contribution in [0.3, 0.4) is 0 Å². The fourth-order valence-electron chi connectivity index (χ4n) is 3.42. The Kier molecular flexibility index (Phi) is 4.17. The summed E-state index contributed by atoms with van der Waals surface area (Å²) in [6, 6.07) is 6.46. The Labute approximate surface area is 146 Å². The van der Waals surface area contributed by atoms with E-state index in [0.29, 0.717) is 18.3 Å². The van der Waals surface area contributed by atoms with E-state index in [4.69, 9.17) is 15.0 Å². The van der Waals surface area contributed by atoms with Crippen molar-refractivity contribution in [1.82, 2.24) is 15.0 Å². The van der Waals surface area contributed by atoms with Gasteiger partial charge in [0.2, 0.25) is 0 Å². The zero-order valence-corrected chi connectivity index (χ0v) is 14.3. The Morgan fingerprint density at radius 3 is 3.00 bits per heavy atom. The summed E-state index contributed by atoms with van der Waals surface area (Å²) in [4.78, 5) is 18.0. The Morgan fingerprint density at radius 2 is 2.24 bits per heavy atom. The van der Waals surface area contributed by atoms with Gasteiger partial charge in [-0.15, -0.1) is 0 Å². The third kappa shape index (κ3) is 3.24. The van der Waals surface area contributed by atoms with Crippen molar-refractivity contribution in [3.05, 3.63) is 35.2 Å². The van der Waals surface area contributed by atoms with Gasteiger partial charge in [0, 0.05) is 17.6 Å². The number of amides is 1. The van der Waals surface area contributed by atoms with Gasteiger partial charge in [-0.25, -0.2) is 4.79 Å². The van der Waals surface area contributed by atoms with E-state index in [-0.39, 0.29) is 18.2 Å². The predicted molar refractivity (Wildman–Crippen MR) is 90.6 cm³/mol. The van der Waals surface area contributed by atoms with Gasteiger partial charge in [-0.1, -0.05) is 11.2 Å². The molecule has 2 aliphatic rings. The molecule has 1 saturated carbocycles. The van der Waals surface area contributed by atoms with Crippen molar-refractivity contribution in [2.75, 3.05) is 7.11 Å². The van der Waals surface area contributed by atoms with E-state index < -0.39 is 0 Å². The van der Waals surface area contributed by atoms with Crippen molar-refractivity contribution in [2.45, 2.75) is 50.7 Å². The number of methoxy groups -OCH3 is 1. The first-order chi connectivity index (χ1) is 12.2. The lowest BCUT2D eigenvalue weighted by Gasteiger charge is -2.22. The van der Waals surface area contributed by atoms with Gasteiger partial charge in [0.25, 0.3) is 5.89 Å². The molecular weight excluding hydrogens is 320 g/mol. The summed E-state index contributed by atoms with van der Waals surface area (Å²) in [6.07, 6.45) is 4.78. The van der Waals surface area contributed by atoms with E-state index in [9.17, 15) is 4.79 Å². The molecule has 4 rings (SSSR count). The van der Waals surface area contributed by atoms with Crippen molar-refractivity contribution >= 4 is 6.09 Å². The quantitative estimate of drug-likeness (QED) is 0.918. The van der Waals surface area contributed by atoms with Crippen LogP contribution in [0.25, 0.3) is 11.5 Å². The van der Waals surface area contributed by atoms with Gasteiger partial charge in [-0.3, -0.25) is 4.90 Å². The maximum absolute atomic E-state index is 11.9. The number of aromatic nitrogens is 2. The fraction of sp³-hybridized carbons (Fsp3) is 0.500. The zero-order chi connectivity index (χ0) is 17.4. The number of aryl methyl sites for hydroxylation is 1. The smallest absolute Gasteiger partial charge is 0.410 e. The first-order valence-corrected chi connectivity index (χ1v) is 8.71. The van der Waals surface area contributed by atoms with Crippen LogP contribution in [0.2, 0.25) is 0 Å². The highest BCUT2D eigenvalue weighted by molar-refractivity contribution is 5.68. The van der Waals surface area contributed by atoms with Crippen molar-refractivity contribution in [2.24, 2.45) is 5.73 Å². The summed E-state index contributed by atoms with van der Waals surface area (Å²) in [5.41, 5.74) is 9.52. The number of hydrogen-bond acceptors (Lipinski definition) is 6. The maximum atomic E-state index is 11.9. The monoisotopic (exact) mass is 342 g/mol. The summed E-state index contributed by atoms with van der Waals surface area (Å²) in [7, 11) is 1.39. The molecule has 1 fully saturated rings. The van der Waals surface area contributed by atoms with Crippen LogP contribution >= 0.6 is 0 Å². The molecule has 1 unspecified atom stereocenters. The number of carbonyl (C=O) groups is 1. The summed E-state index contributed by atoms with van der Waals surface area (Å²) in [6.45, 7) is 0.302. The average molecular weight is 342 g/mol. The number of fused-ring (bicyclic) bond motifs is 1. The van der Waals surface area contributed by atoms with Crippen LogP contribution in [0.1, 0.15) is 48.7 Å². The van der Waals surface area contributed by atoms with Gasteiger partial charge < -0.3 is 15.0 Å². The second-order valence-electron chi connectivity index (χ2n) is 6.76. The number of carbonyl (C=O) groups excluding carboxylic acids is 1. The highest BCUT2D eigenvalue weighted by atomic mass is 16.5. The third-order valence-electron chi connectivity index (χ3n) is 4.93. The summed E-state index contributed by atoms with van der Waals surface area (Å²) in [5, 5.41) is 4.03. The molecule has 1 amide bonds. The molecule has 25 heavy (non-hydrogen) atoms. The molecule has 7 heteroatoms. The minimum absolute atomic E-state index is 0.114. The molecule has 0 bridgehead atoms. The number of benzene rings is 1. The van der Waals surface area contributed by atoms with Crippen LogP contribution in [0, 0.1) is 0 Å². The normalized spacial score (nSPS) is 19.4. The molecule has 1 aromatic carbocycles. The molecule has 2 aromatic rings. The molecule has 0 aliphatic heterocycles. The molecular formula is C18H22N4O3. The Hall–Kier alpha value is -2.41. The van der Waals surface area contributed by atoms with E-state index in [1.54, 1.807) is 4.90 Å². The van der Waals surface area contributed by atoms with E-state index in [1.807, 2.05) is 6.07 Å². The molecule has 2 aliphatic carbocycles. The van der Waals surface area contributed by atoms with Crippen molar-refractivity contribution in [3.8, 4) is 11.5 Å². The number of ether oxygens (including phenoxy) is 1. The second-order valence-corrected chi connectivity index (χ2v) is 6.76. The van der Waals surface area contributed by atoms with Crippen LogP contribution in [0.5, 0.6) is 0 Å². The molecule has 1 aromatic heterocycles. The van der Waals surface area contributed by atoms with Crippen LogP contribution in [-0.2, 0) is 17.7 Å². The van der Waals surface area contributed by atoms with E-state index >= 15 is 0 Å². The van der Waals surface area contributed by atoms with Crippen LogP contribution in [0.4, 0.5) is 4.79 Å². The van der Waals surface area contributed by atoms with Crippen molar-refractivity contribution in [1.29, 1.82) is 0 Å². The van der Waals surface area contributed by atoms with Gasteiger partial charge in [0.1, 0.15) is 0 Å². The largest absolute Gasteiger partial charge is 0.453 e. The average Bonchev–Trinajstić information content (AvgIpc) is 3.37. The molecule has 7 nitrogen and oxygen atoms in total. The fourth-order valence-corrected chi connectivity index (χ4v) is 3.42. The predicted octanol–water partition coefficient (Wildman–Crippen LogP) is 2.80. The molecule has 0 radical (unpaired) electrons. The highest BCUT2D eigenvalue weighted by Crippen LogP contribution is 2.32. The minimum Gasteiger partial charge on any atom is -0.453 e. The summed E-state index contributed by atoms with van der Waals surface area (Å²) < 4.78 is 10.3. The lowest BCUT2D eigenvalue weighted by molar-refractivity contribution is 0.116. The summed E-state index contributed by atoms with van der Waals surface area (Å²) in [5.74, 6) is 0.958. The second kappa shape index (κ2) is 6.48.